The standard InChI is InChI=1S/C16H17NO3/c1-3-10-20-14-7-5-4-6-12(14)16(18)13-8-9-17-11-15(13)19-2/h4-9,11H,3,10H2,1-2H3. The lowest BCUT2D eigenvalue weighted by Crippen LogP contribution is -2.07. The largest absolute Gasteiger partial charge is 0.494 e. The average Bonchev–Trinajstić information content (AvgIpc) is 2.52. The van der Waals surface area contributed by atoms with Gasteiger partial charge in [-0.25, -0.2) is 0 Å². The molecule has 0 saturated carbocycles. The molecule has 0 unspecified atom stereocenters. The van der Waals surface area contributed by atoms with Crippen molar-refractivity contribution in [3.63, 3.8) is 0 Å². The Morgan fingerprint density at radius 1 is 1.15 bits per heavy atom. The topological polar surface area (TPSA) is 48.4 Å². The number of rotatable bonds is 6. The summed E-state index contributed by atoms with van der Waals surface area (Å²) in [5, 5.41) is 0. The van der Waals surface area contributed by atoms with E-state index in [1.807, 2.05) is 19.1 Å². The van der Waals surface area contributed by atoms with Gasteiger partial charge in [-0.05, 0) is 24.6 Å². The Balaban J connectivity index is 2.38. The molecule has 0 saturated heterocycles. The van der Waals surface area contributed by atoms with Crippen molar-refractivity contribution in [2.24, 2.45) is 0 Å². The molecule has 4 heteroatoms. The zero-order valence-electron chi connectivity index (χ0n) is 11.6. The Kier molecular flexibility index (Phi) is 4.71. The summed E-state index contributed by atoms with van der Waals surface area (Å²) in [5.74, 6) is 0.928. The second-order valence-corrected chi connectivity index (χ2v) is 4.25. The number of carbonyl (C=O) groups is 1. The van der Waals surface area contributed by atoms with Crippen molar-refractivity contribution in [2.45, 2.75) is 13.3 Å². The van der Waals surface area contributed by atoms with Gasteiger partial charge in [-0.15, -0.1) is 0 Å². The van der Waals surface area contributed by atoms with Crippen molar-refractivity contribution in [3.05, 3.63) is 53.9 Å². The first-order valence-corrected chi connectivity index (χ1v) is 6.52. The van der Waals surface area contributed by atoms with Crippen molar-refractivity contribution in [2.75, 3.05) is 13.7 Å². The first-order chi connectivity index (χ1) is 9.77. The zero-order chi connectivity index (χ0) is 14.4. The predicted octanol–water partition coefficient (Wildman–Crippen LogP) is 3.11. The molecule has 0 spiro atoms. The van der Waals surface area contributed by atoms with Crippen LogP contribution < -0.4 is 9.47 Å². The minimum Gasteiger partial charge on any atom is -0.494 e. The summed E-state index contributed by atoms with van der Waals surface area (Å²) in [5.41, 5.74) is 1.01. The molecule has 0 bridgehead atoms. The van der Waals surface area contributed by atoms with E-state index in [0.29, 0.717) is 29.2 Å². The molecule has 0 amide bonds. The number of hydrogen-bond donors (Lipinski definition) is 0. The van der Waals surface area contributed by atoms with E-state index in [1.165, 1.54) is 13.3 Å². The van der Waals surface area contributed by atoms with Crippen LogP contribution in [-0.4, -0.2) is 24.5 Å². The van der Waals surface area contributed by atoms with Crippen LogP contribution in [0.25, 0.3) is 0 Å². The molecule has 2 aromatic rings. The highest BCUT2D eigenvalue weighted by Gasteiger charge is 2.18. The molecule has 0 radical (unpaired) electrons. The molecular formula is C16H17NO3. The summed E-state index contributed by atoms with van der Waals surface area (Å²) in [7, 11) is 1.52. The molecular weight excluding hydrogens is 254 g/mol. The second-order valence-electron chi connectivity index (χ2n) is 4.25. The van der Waals surface area contributed by atoms with Gasteiger partial charge in [0, 0.05) is 6.20 Å². The van der Waals surface area contributed by atoms with Gasteiger partial charge >= 0.3 is 0 Å². The van der Waals surface area contributed by atoms with Crippen LogP contribution in [0.5, 0.6) is 11.5 Å². The number of methoxy groups -OCH3 is 1. The SMILES string of the molecule is CCCOc1ccccc1C(=O)c1ccncc1OC. The monoisotopic (exact) mass is 271 g/mol. The summed E-state index contributed by atoms with van der Waals surface area (Å²) in [4.78, 5) is 16.6. The quantitative estimate of drug-likeness (QED) is 0.757. The Morgan fingerprint density at radius 2 is 1.90 bits per heavy atom. The number of aromatic nitrogens is 1. The van der Waals surface area contributed by atoms with Crippen molar-refractivity contribution in [3.8, 4) is 11.5 Å². The van der Waals surface area contributed by atoms with E-state index in [0.717, 1.165) is 6.42 Å². The minimum absolute atomic E-state index is 0.129. The van der Waals surface area contributed by atoms with Gasteiger partial charge in [0.1, 0.15) is 11.5 Å². The molecule has 104 valence electrons. The predicted molar refractivity (Wildman–Crippen MR) is 76.4 cm³/mol. The van der Waals surface area contributed by atoms with E-state index in [1.54, 1.807) is 24.4 Å². The Labute approximate surface area is 118 Å². The molecule has 1 heterocycles. The number of para-hydroxylation sites is 1. The molecule has 0 N–H and O–H groups in total. The van der Waals surface area contributed by atoms with Crippen LogP contribution >= 0.6 is 0 Å². The summed E-state index contributed by atoms with van der Waals surface area (Å²) >= 11 is 0. The molecule has 1 aromatic carbocycles. The zero-order valence-corrected chi connectivity index (χ0v) is 11.6. The van der Waals surface area contributed by atoms with Crippen LogP contribution in [-0.2, 0) is 0 Å². The molecule has 1 aromatic heterocycles. The van der Waals surface area contributed by atoms with E-state index < -0.39 is 0 Å². The minimum atomic E-state index is -0.129. The number of nitrogens with zero attached hydrogens (tertiary/aromatic N) is 1. The highest BCUT2D eigenvalue weighted by atomic mass is 16.5. The molecule has 0 atom stereocenters. The van der Waals surface area contributed by atoms with Crippen LogP contribution in [0.1, 0.15) is 29.3 Å². The van der Waals surface area contributed by atoms with Crippen LogP contribution in [0.2, 0.25) is 0 Å². The fourth-order valence-electron chi connectivity index (χ4n) is 1.87. The van der Waals surface area contributed by atoms with E-state index in [9.17, 15) is 4.79 Å². The van der Waals surface area contributed by atoms with Crippen molar-refractivity contribution in [1.29, 1.82) is 0 Å². The van der Waals surface area contributed by atoms with Crippen LogP contribution in [0, 0.1) is 0 Å². The molecule has 20 heavy (non-hydrogen) atoms. The Hall–Kier alpha value is -2.36. The van der Waals surface area contributed by atoms with Gasteiger partial charge in [-0.3, -0.25) is 9.78 Å². The molecule has 4 nitrogen and oxygen atoms in total. The van der Waals surface area contributed by atoms with E-state index in [4.69, 9.17) is 9.47 Å². The van der Waals surface area contributed by atoms with E-state index >= 15 is 0 Å². The normalized spacial score (nSPS) is 10.1. The molecule has 0 aliphatic heterocycles. The van der Waals surface area contributed by atoms with Crippen LogP contribution in [0.15, 0.2) is 42.7 Å². The second kappa shape index (κ2) is 6.70. The van der Waals surface area contributed by atoms with Gasteiger partial charge in [-0.2, -0.15) is 0 Å². The summed E-state index contributed by atoms with van der Waals surface area (Å²) in [6.45, 7) is 2.61. The number of carbonyl (C=O) groups excluding carboxylic acids is 1. The van der Waals surface area contributed by atoms with Gasteiger partial charge in [0.15, 0.2) is 0 Å². The van der Waals surface area contributed by atoms with Crippen LogP contribution in [0.3, 0.4) is 0 Å². The van der Waals surface area contributed by atoms with E-state index in [2.05, 4.69) is 4.98 Å². The van der Waals surface area contributed by atoms with Gasteiger partial charge in [0.25, 0.3) is 0 Å². The summed E-state index contributed by atoms with van der Waals surface area (Å²) in [6.07, 6.45) is 4.00. The van der Waals surface area contributed by atoms with Crippen LogP contribution in [0.4, 0.5) is 0 Å². The lowest BCUT2D eigenvalue weighted by molar-refractivity contribution is 0.103. The highest BCUT2D eigenvalue weighted by Crippen LogP contribution is 2.25. The Bertz CT molecular complexity index is 596. The lowest BCUT2D eigenvalue weighted by atomic mass is 10.0. The van der Waals surface area contributed by atoms with Gasteiger partial charge in [0.05, 0.1) is 31.0 Å². The number of ketones is 1. The fraction of sp³-hybridized carbons (Fsp3) is 0.250. The number of ether oxygens (including phenoxy) is 2. The number of benzene rings is 1. The van der Waals surface area contributed by atoms with Gasteiger partial charge in [0.2, 0.25) is 5.78 Å². The third-order valence-electron chi connectivity index (χ3n) is 2.84. The molecule has 0 aliphatic rings. The molecule has 2 rings (SSSR count). The van der Waals surface area contributed by atoms with E-state index in [-0.39, 0.29) is 5.78 Å². The van der Waals surface area contributed by atoms with Crippen molar-refractivity contribution >= 4 is 5.78 Å². The smallest absolute Gasteiger partial charge is 0.200 e. The van der Waals surface area contributed by atoms with Crippen molar-refractivity contribution < 1.29 is 14.3 Å². The number of hydrogen-bond acceptors (Lipinski definition) is 4. The molecule has 0 fully saturated rings. The maximum atomic E-state index is 12.6. The Morgan fingerprint density at radius 3 is 2.65 bits per heavy atom. The maximum absolute atomic E-state index is 12.6. The summed E-state index contributed by atoms with van der Waals surface area (Å²) in [6, 6.07) is 8.88. The first-order valence-electron chi connectivity index (χ1n) is 6.52. The molecule has 0 aliphatic carbocycles. The van der Waals surface area contributed by atoms with Gasteiger partial charge < -0.3 is 9.47 Å². The van der Waals surface area contributed by atoms with Crippen molar-refractivity contribution in [1.82, 2.24) is 4.98 Å². The summed E-state index contributed by atoms with van der Waals surface area (Å²) < 4.78 is 10.8. The number of pyridine rings is 1. The fourth-order valence-corrected chi connectivity index (χ4v) is 1.87. The first kappa shape index (κ1) is 14.1. The third-order valence-corrected chi connectivity index (χ3v) is 2.84. The highest BCUT2D eigenvalue weighted by molar-refractivity contribution is 6.12. The maximum Gasteiger partial charge on any atom is 0.200 e. The lowest BCUT2D eigenvalue weighted by Gasteiger charge is -2.11. The third kappa shape index (κ3) is 2.96. The average molecular weight is 271 g/mol. The van der Waals surface area contributed by atoms with Gasteiger partial charge in [-0.1, -0.05) is 19.1 Å².